The van der Waals surface area contributed by atoms with E-state index >= 15 is 0 Å². The first-order valence-corrected chi connectivity index (χ1v) is 5.13. The van der Waals surface area contributed by atoms with E-state index in [-0.39, 0.29) is 11.5 Å². The summed E-state index contributed by atoms with van der Waals surface area (Å²) in [5.41, 5.74) is 0.127. The molecule has 2 atom stereocenters. The molecule has 1 heterocycles. The van der Waals surface area contributed by atoms with Crippen molar-refractivity contribution in [3.05, 3.63) is 0 Å². The lowest BCUT2D eigenvalue weighted by Gasteiger charge is -2.40. The van der Waals surface area contributed by atoms with Crippen LogP contribution in [-0.4, -0.2) is 36.2 Å². The van der Waals surface area contributed by atoms with Crippen molar-refractivity contribution in [2.45, 2.75) is 39.3 Å². The fourth-order valence-corrected chi connectivity index (χ4v) is 1.85. The molecule has 0 aromatic rings. The van der Waals surface area contributed by atoms with Crippen molar-refractivity contribution in [1.29, 1.82) is 0 Å². The standard InChI is InChI=1S/C10H20N2O2/c1-7(9(13)14)12-8-4-5-11-6-10(8,2)3/h7-8,11-12H,4-6H2,1-3H3,(H,13,14). The van der Waals surface area contributed by atoms with Gasteiger partial charge in [0.05, 0.1) is 0 Å². The fourth-order valence-electron chi connectivity index (χ4n) is 1.85. The van der Waals surface area contributed by atoms with Crippen LogP contribution in [-0.2, 0) is 4.79 Å². The van der Waals surface area contributed by atoms with Gasteiger partial charge >= 0.3 is 5.97 Å². The summed E-state index contributed by atoms with van der Waals surface area (Å²) in [7, 11) is 0. The molecular weight excluding hydrogens is 180 g/mol. The Morgan fingerprint density at radius 1 is 1.64 bits per heavy atom. The second-order valence-electron chi connectivity index (χ2n) is 4.73. The van der Waals surface area contributed by atoms with E-state index in [2.05, 4.69) is 24.5 Å². The molecule has 0 aromatic heterocycles. The van der Waals surface area contributed by atoms with Gasteiger partial charge in [0.25, 0.3) is 0 Å². The third-order valence-electron chi connectivity index (χ3n) is 2.96. The van der Waals surface area contributed by atoms with Crippen molar-refractivity contribution in [3.8, 4) is 0 Å². The Morgan fingerprint density at radius 2 is 2.29 bits per heavy atom. The zero-order valence-corrected chi connectivity index (χ0v) is 9.13. The second-order valence-corrected chi connectivity index (χ2v) is 4.73. The fraction of sp³-hybridized carbons (Fsp3) is 0.900. The molecule has 0 saturated carbocycles. The Hall–Kier alpha value is -0.610. The monoisotopic (exact) mass is 200 g/mol. The van der Waals surface area contributed by atoms with Crippen LogP contribution < -0.4 is 10.6 Å². The molecule has 4 heteroatoms. The highest BCUT2D eigenvalue weighted by molar-refractivity contribution is 5.72. The molecule has 1 saturated heterocycles. The molecular formula is C10H20N2O2. The number of nitrogens with one attached hydrogen (secondary N) is 2. The highest BCUT2D eigenvalue weighted by atomic mass is 16.4. The minimum atomic E-state index is -0.778. The van der Waals surface area contributed by atoms with Crippen LogP contribution in [0.25, 0.3) is 0 Å². The van der Waals surface area contributed by atoms with Crippen LogP contribution in [0, 0.1) is 5.41 Å². The molecule has 82 valence electrons. The highest BCUT2D eigenvalue weighted by Gasteiger charge is 2.33. The Morgan fingerprint density at radius 3 is 2.79 bits per heavy atom. The molecule has 0 aliphatic carbocycles. The van der Waals surface area contributed by atoms with Crippen LogP contribution in [0.5, 0.6) is 0 Å². The Kier molecular flexibility index (Phi) is 3.50. The van der Waals surface area contributed by atoms with Crippen LogP contribution in [0.2, 0.25) is 0 Å². The molecule has 14 heavy (non-hydrogen) atoms. The van der Waals surface area contributed by atoms with Gasteiger partial charge in [-0.15, -0.1) is 0 Å². The van der Waals surface area contributed by atoms with E-state index in [4.69, 9.17) is 5.11 Å². The topological polar surface area (TPSA) is 61.4 Å². The SMILES string of the molecule is CC(NC1CCNCC1(C)C)C(=O)O. The summed E-state index contributed by atoms with van der Waals surface area (Å²) >= 11 is 0. The summed E-state index contributed by atoms with van der Waals surface area (Å²) in [4.78, 5) is 10.7. The van der Waals surface area contributed by atoms with E-state index in [0.717, 1.165) is 19.5 Å². The maximum atomic E-state index is 10.7. The zero-order chi connectivity index (χ0) is 10.8. The van der Waals surface area contributed by atoms with E-state index in [0.29, 0.717) is 0 Å². The summed E-state index contributed by atoms with van der Waals surface area (Å²) in [6.45, 7) is 7.92. The van der Waals surface area contributed by atoms with Gasteiger partial charge in [-0.05, 0) is 25.3 Å². The predicted octanol–water partition coefficient (Wildman–Crippen LogP) is 0.437. The summed E-state index contributed by atoms with van der Waals surface area (Å²) < 4.78 is 0. The Bertz CT molecular complexity index is 216. The average Bonchev–Trinajstić information content (AvgIpc) is 2.08. The molecule has 3 N–H and O–H groups in total. The smallest absolute Gasteiger partial charge is 0.320 e. The maximum absolute atomic E-state index is 10.7. The van der Waals surface area contributed by atoms with Crippen molar-refractivity contribution in [1.82, 2.24) is 10.6 Å². The van der Waals surface area contributed by atoms with E-state index in [1.807, 2.05) is 0 Å². The van der Waals surface area contributed by atoms with Crippen LogP contribution in [0.15, 0.2) is 0 Å². The average molecular weight is 200 g/mol. The molecule has 4 nitrogen and oxygen atoms in total. The molecule has 0 amide bonds. The largest absolute Gasteiger partial charge is 0.480 e. The summed E-state index contributed by atoms with van der Waals surface area (Å²) in [6, 6.07) is -0.174. The van der Waals surface area contributed by atoms with Crippen molar-refractivity contribution in [3.63, 3.8) is 0 Å². The number of rotatable bonds is 3. The number of carboxylic acids is 1. The second kappa shape index (κ2) is 4.28. The van der Waals surface area contributed by atoms with Gasteiger partial charge in [0.15, 0.2) is 0 Å². The number of carbonyl (C=O) groups is 1. The number of aliphatic carboxylic acids is 1. The van der Waals surface area contributed by atoms with Crippen LogP contribution in [0.3, 0.4) is 0 Å². The zero-order valence-electron chi connectivity index (χ0n) is 9.13. The predicted molar refractivity (Wildman–Crippen MR) is 55.3 cm³/mol. The van der Waals surface area contributed by atoms with Gasteiger partial charge in [0.1, 0.15) is 6.04 Å². The number of carboxylic acid groups (broad SMARTS) is 1. The highest BCUT2D eigenvalue weighted by Crippen LogP contribution is 2.25. The molecule has 0 radical (unpaired) electrons. The van der Waals surface area contributed by atoms with E-state index < -0.39 is 12.0 Å². The summed E-state index contributed by atoms with van der Waals surface area (Å²) in [5.74, 6) is -0.778. The van der Waals surface area contributed by atoms with E-state index in [1.165, 1.54) is 0 Å². The first-order chi connectivity index (χ1) is 6.43. The minimum Gasteiger partial charge on any atom is -0.480 e. The van der Waals surface area contributed by atoms with Gasteiger partial charge < -0.3 is 15.7 Å². The van der Waals surface area contributed by atoms with E-state index in [1.54, 1.807) is 6.92 Å². The molecule has 1 aliphatic rings. The Balaban J connectivity index is 2.53. The van der Waals surface area contributed by atoms with Crippen LogP contribution in [0.1, 0.15) is 27.2 Å². The molecule has 0 bridgehead atoms. The van der Waals surface area contributed by atoms with Crippen LogP contribution in [0.4, 0.5) is 0 Å². The van der Waals surface area contributed by atoms with Crippen molar-refractivity contribution in [2.24, 2.45) is 5.41 Å². The quantitative estimate of drug-likeness (QED) is 0.618. The van der Waals surface area contributed by atoms with Gasteiger partial charge in [0, 0.05) is 12.6 Å². The molecule has 2 unspecified atom stereocenters. The van der Waals surface area contributed by atoms with Crippen molar-refractivity contribution in [2.75, 3.05) is 13.1 Å². The number of hydrogen-bond donors (Lipinski definition) is 3. The first-order valence-electron chi connectivity index (χ1n) is 5.13. The first kappa shape index (κ1) is 11.5. The van der Waals surface area contributed by atoms with Crippen molar-refractivity contribution >= 4 is 5.97 Å². The maximum Gasteiger partial charge on any atom is 0.320 e. The summed E-state index contributed by atoms with van der Waals surface area (Å²) in [6.07, 6.45) is 0.991. The van der Waals surface area contributed by atoms with Crippen LogP contribution >= 0.6 is 0 Å². The van der Waals surface area contributed by atoms with Gasteiger partial charge in [-0.3, -0.25) is 4.79 Å². The molecule has 1 fully saturated rings. The lowest BCUT2D eigenvalue weighted by Crippen LogP contribution is -2.56. The third-order valence-corrected chi connectivity index (χ3v) is 2.96. The number of piperidine rings is 1. The summed E-state index contributed by atoms with van der Waals surface area (Å²) in [5, 5.41) is 15.3. The van der Waals surface area contributed by atoms with E-state index in [9.17, 15) is 4.79 Å². The molecule has 1 aliphatic heterocycles. The van der Waals surface area contributed by atoms with Gasteiger partial charge in [-0.25, -0.2) is 0 Å². The van der Waals surface area contributed by atoms with Gasteiger partial charge in [-0.1, -0.05) is 13.8 Å². The molecule has 0 spiro atoms. The van der Waals surface area contributed by atoms with Gasteiger partial charge in [-0.2, -0.15) is 0 Å². The number of hydrogen-bond acceptors (Lipinski definition) is 3. The lowest BCUT2D eigenvalue weighted by atomic mass is 9.79. The Labute approximate surface area is 85.1 Å². The third kappa shape index (κ3) is 2.69. The molecule has 1 rings (SSSR count). The molecule has 0 aromatic carbocycles. The minimum absolute atomic E-state index is 0.127. The lowest BCUT2D eigenvalue weighted by molar-refractivity contribution is -0.139. The van der Waals surface area contributed by atoms with Crippen molar-refractivity contribution < 1.29 is 9.90 Å². The van der Waals surface area contributed by atoms with Gasteiger partial charge in [0.2, 0.25) is 0 Å². The normalized spacial score (nSPS) is 28.4.